The van der Waals surface area contributed by atoms with Gasteiger partial charge in [0.15, 0.2) is 0 Å². The van der Waals surface area contributed by atoms with Crippen LogP contribution in [-0.4, -0.2) is 10.1 Å². The highest BCUT2D eigenvalue weighted by atomic mass is 16.5. The van der Waals surface area contributed by atoms with E-state index in [2.05, 4.69) is 25.8 Å². The summed E-state index contributed by atoms with van der Waals surface area (Å²) in [6.07, 6.45) is 1.77. The van der Waals surface area contributed by atoms with E-state index in [1.165, 1.54) is 0 Å². The molecule has 0 aliphatic carbocycles. The Morgan fingerprint density at radius 1 is 1.47 bits per heavy atom. The zero-order chi connectivity index (χ0) is 11.2. The fraction of sp³-hybridized carbons (Fsp3) is 0.583. The quantitative estimate of drug-likeness (QED) is 0.711. The van der Waals surface area contributed by atoms with Gasteiger partial charge in [-0.05, 0) is 12.3 Å². The van der Waals surface area contributed by atoms with Crippen LogP contribution in [0.1, 0.15) is 43.7 Å². The summed E-state index contributed by atoms with van der Waals surface area (Å²) in [7, 11) is 0. The van der Waals surface area contributed by atoms with Gasteiger partial charge in [-0.1, -0.05) is 20.8 Å². The average Bonchev–Trinajstić information content (AvgIpc) is 2.54. The zero-order valence-corrected chi connectivity index (χ0v) is 9.66. The Morgan fingerprint density at radius 2 is 2.13 bits per heavy atom. The van der Waals surface area contributed by atoms with Crippen LogP contribution in [0.2, 0.25) is 0 Å². The molecule has 1 aliphatic heterocycles. The molecule has 1 aromatic heterocycles. The van der Waals surface area contributed by atoms with Crippen LogP contribution in [0.5, 0.6) is 5.75 Å². The van der Waals surface area contributed by atoms with Crippen LogP contribution >= 0.6 is 0 Å². The molecule has 0 aromatic carbocycles. The summed E-state index contributed by atoms with van der Waals surface area (Å²) in [6, 6.07) is 0. The number of aryl methyl sites for hydroxylation is 1. The maximum absolute atomic E-state index is 10.0. The summed E-state index contributed by atoms with van der Waals surface area (Å²) in [5, 5.41) is 10.0. The number of hydrogen-bond acceptors (Lipinski definition) is 3. The van der Waals surface area contributed by atoms with Crippen molar-refractivity contribution in [2.24, 2.45) is 5.41 Å². The van der Waals surface area contributed by atoms with Crippen molar-refractivity contribution in [1.82, 2.24) is 4.98 Å². The third-order valence-corrected chi connectivity index (χ3v) is 2.81. The zero-order valence-electron chi connectivity index (χ0n) is 9.66. The normalized spacial score (nSPS) is 20.4. The van der Waals surface area contributed by atoms with E-state index in [1.54, 1.807) is 6.20 Å². The Kier molecular flexibility index (Phi) is 2.23. The smallest absolute Gasteiger partial charge is 0.142 e. The fourth-order valence-corrected chi connectivity index (χ4v) is 2.00. The Hall–Kier alpha value is -1.09. The molecule has 2 rings (SSSR count). The number of pyridine rings is 1. The Morgan fingerprint density at radius 3 is 2.73 bits per heavy atom. The van der Waals surface area contributed by atoms with Gasteiger partial charge in [0.25, 0.3) is 0 Å². The predicted molar refractivity (Wildman–Crippen MR) is 57.6 cm³/mol. The highest BCUT2D eigenvalue weighted by molar-refractivity contribution is 5.44. The van der Waals surface area contributed by atoms with Gasteiger partial charge >= 0.3 is 0 Å². The molecule has 0 amide bonds. The van der Waals surface area contributed by atoms with Crippen LogP contribution in [0.4, 0.5) is 0 Å². The van der Waals surface area contributed by atoms with Crippen LogP contribution in [0.25, 0.3) is 0 Å². The predicted octanol–water partition coefficient (Wildman–Crippen LogP) is 2.71. The van der Waals surface area contributed by atoms with Crippen molar-refractivity contribution in [3.05, 3.63) is 23.0 Å². The van der Waals surface area contributed by atoms with Crippen LogP contribution in [0.3, 0.4) is 0 Å². The summed E-state index contributed by atoms with van der Waals surface area (Å²) >= 11 is 0. The van der Waals surface area contributed by atoms with Gasteiger partial charge in [0.05, 0.1) is 18.4 Å². The van der Waals surface area contributed by atoms with E-state index in [9.17, 15) is 5.11 Å². The van der Waals surface area contributed by atoms with Crippen molar-refractivity contribution >= 4 is 0 Å². The van der Waals surface area contributed by atoms with Gasteiger partial charge in [0.1, 0.15) is 5.75 Å². The molecule has 1 aliphatic rings. The maximum Gasteiger partial charge on any atom is 0.142 e. The molecule has 1 aromatic rings. The number of hydrogen-bond donors (Lipinski definition) is 1. The summed E-state index contributed by atoms with van der Waals surface area (Å²) < 4.78 is 5.72. The van der Waals surface area contributed by atoms with Gasteiger partial charge in [-0.15, -0.1) is 0 Å². The van der Waals surface area contributed by atoms with Crippen molar-refractivity contribution in [2.45, 2.75) is 40.4 Å². The van der Waals surface area contributed by atoms with Crippen molar-refractivity contribution in [2.75, 3.05) is 0 Å². The maximum atomic E-state index is 10.0. The topological polar surface area (TPSA) is 42.4 Å². The first-order valence-corrected chi connectivity index (χ1v) is 5.20. The van der Waals surface area contributed by atoms with Crippen molar-refractivity contribution in [1.29, 1.82) is 0 Å². The molecule has 3 heteroatoms. The molecule has 3 nitrogen and oxygen atoms in total. The molecule has 1 atom stereocenters. The van der Waals surface area contributed by atoms with E-state index in [-0.39, 0.29) is 11.5 Å². The van der Waals surface area contributed by atoms with E-state index in [0.717, 1.165) is 11.1 Å². The van der Waals surface area contributed by atoms with Crippen LogP contribution < -0.4 is 0 Å². The first kappa shape index (κ1) is 10.4. The average molecular weight is 207 g/mol. The minimum absolute atomic E-state index is 0.00345. The molecule has 1 N–H and O–H groups in total. The molecule has 82 valence electrons. The monoisotopic (exact) mass is 207 g/mol. The van der Waals surface area contributed by atoms with Gasteiger partial charge in [-0.2, -0.15) is 0 Å². The molecule has 0 saturated heterocycles. The highest BCUT2D eigenvalue weighted by Crippen LogP contribution is 2.46. The van der Waals surface area contributed by atoms with E-state index < -0.39 is 0 Å². The van der Waals surface area contributed by atoms with Crippen LogP contribution in [0.15, 0.2) is 6.20 Å². The standard InChI is InChI=1S/C12H17NO2/c1-7-10(14)9-8(5-13-7)6-15-11(9)12(2,3)4/h5,11,14H,6H2,1-4H3. The van der Waals surface area contributed by atoms with Crippen LogP contribution in [0, 0.1) is 12.3 Å². The molecule has 0 radical (unpaired) electrons. The molecule has 0 bridgehead atoms. The van der Waals surface area contributed by atoms with E-state index in [0.29, 0.717) is 18.1 Å². The first-order chi connectivity index (χ1) is 6.91. The summed E-state index contributed by atoms with van der Waals surface area (Å²) in [4.78, 5) is 4.14. The molecule has 1 unspecified atom stereocenters. The lowest BCUT2D eigenvalue weighted by Crippen LogP contribution is -2.17. The van der Waals surface area contributed by atoms with Gasteiger partial charge in [-0.25, -0.2) is 0 Å². The largest absolute Gasteiger partial charge is 0.506 e. The molecule has 0 saturated carbocycles. The molecule has 0 fully saturated rings. The number of ether oxygens (including phenoxy) is 1. The second-order valence-corrected chi connectivity index (χ2v) is 5.19. The van der Waals surface area contributed by atoms with Crippen molar-refractivity contribution < 1.29 is 9.84 Å². The first-order valence-electron chi connectivity index (χ1n) is 5.20. The highest BCUT2D eigenvalue weighted by Gasteiger charge is 2.36. The lowest BCUT2D eigenvalue weighted by Gasteiger charge is -2.27. The van der Waals surface area contributed by atoms with Crippen molar-refractivity contribution in [3.63, 3.8) is 0 Å². The summed E-state index contributed by atoms with van der Waals surface area (Å²) in [6.45, 7) is 8.71. The van der Waals surface area contributed by atoms with Crippen LogP contribution in [-0.2, 0) is 11.3 Å². The minimum atomic E-state index is -0.0331. The number of fused-ring (bicyclic) bond motifs is 1. The van der Waals surface area contributed by atoms with E-state index in [1.807, 2.05) is 6.92 Å². The van der Waals surface area contributed by atoms with E-state index >= 15 is 0 Å². The summed E-state index contributed by atoms with van der Waals surface area (Å²) in [5.41, 5.74) is 2.61. The van der Waals surface area contributed by atoms with Gasteiger partial charge < -0.3 is 9.84 Å². The SMILES string of the molecule is Cc1ncc2c(c1O)C(C(C)(C)C)OC2. The van der Waals surface area contributed by atoms with Gasteiger partial charge in [0.2, 0.25) is 0 Å². The van der Waals surface area contributed by atoms with Gasteiger partial charge in [0, 0.05) is 17.3 Å². The molecule has 15 heavy (non-hydrogen) atoms. The number of aromatic hydroxyl groups is 1. The molecular weight excluding hydrogens is 190 g/mol. The summed E-state index contributed by atoms with van der Waals surface area (Å²) in [5.74, 6) is 0.296. The lowest BCUT2D eigenvalue weighted by molar-refractivity contribution is -0.00883. The second-order valence-electron chi connectivity index (χ2n) is 5.19. The third-order valence-electron chi connectivity index (χ3n) is 2.81. The number of rotatable bonds is 0. The number of aromatic nitrogens is 1. The molecular formula is C12H17NO2. The fourth-order valence-electron chi connectivity index (χ4n) is 2.00. The molecule has 2 heterocycles. The lowest BCUT2D eigenvalue weighted by atomic mass is 9.84. The molecule has 0 spiro atoms. The third kappa shape index (κ3) is 1.61. The van der Waals surface area contributed by atoms with E-state index in [4.69, 9.17) is 4.74 Å². The second kappa shape index (κ2) is 3.20. The Balaban J connectivity index is 2.54. The van der Waals surface area contributed by atoms with Gasteiger partial charge in [-0.3, -0.25) is 4.98 Å². The number of nitrogens with zero attached hydrogens (tertiary/aromatic N) is 1. The minimum Gasteiger partial charge on any atom is -0.506 e. The Bertz CT molecular complexity index is 393. The van der Waals surface area contributed by atoms with Crippen molar-refractivity contribution in [3.8, 4) is 5.75 Å². The Labute approximate surface area is 90.1 Å².